The lowest BCUT2D eigenvalue weighted by molar-refractivity contribution is -0.161. The summed E-state index contributed by atoms with van der Waals surface area (Å²) < 4.78 is 12.9. The van der Waals surface area contributed by atoms with Crippen molar-refractivity contribution in [3.8, 4) is 0 Å². The highest BCUT2D eigenvalue weighted by Crippen LogP contribution is 2.50. The molecule has 2 aromatic carbocycles. The largest absolute Gasteiger partial charge is 0.480 e. The van der Waals surface area contributed by atoms with Gasteiger partial charge in [0.25, 0.3) is 5.91 Å². The number of hydrogen-bond donors (Lipinski definition) is 4. The van der Waals surface area contributed by atoms with E-state index in [0.717, 1.165) is 6.07 Å². The number of nitrogens with zero attached hydrogens (tertiary/aromatic N) is 1. The van der Waals surface area contributed by atoms with E-state index >= 15 is 0 Å². The lowest BCUT2D eigenvalue weighted by Crippen LogP contribution is -2.71. The lowest BCUT2D eigenvalue weighted by atomic mass is 9.95. The standard InChI is InChI=1S/C26H23FN4O6S/c1-26(2)20(25(36)37)31-23(35)18(24(31)38-26)30-22(34)17(12-6-4-3-5-7-12)29-21(33)15-11-28-16-9-8-13(27)10-14(16)19(15)32/h3-11,17-18,20,24H,1-2H3,(H,28,32)(H,29,33)(H,30,34)(H,36,37)/t17?,18?,20-,24+/m0/s1. The smallest absolute Gasteiger partial charge is 0.327 e. The van der Waals surface area contributed by atoms with Crippen LogP contribution in [0.2, 0.25) is 0 Å². The van der Waals surface area contributed by atoms with E-state index in [1.807, 2.05) is 0 Å². The van der Waals surface area contributed by atoms with Crippen molar-refractivity contribution in [1.29, 1.82) is 0 Å². The van der Waals surface area contributed by atoms with Gasteiger partial charge in [0.2, 0.25) is 17.2 Å². The molecule has 2 aliphatic rings. The average Bonchev–Trinajstić information content (AvgIpc) is 3.14. The van der Waals surface area contributed by atoms with E-state index in [4.69, 9.17) is 0 Å². The number of aromatic nitrogens is 1. The highest BCUT2D eigenvalue weighted by molar-refractivity contribution is 8.01. The molecule has 0 bridgehead atoms. The van der Waals surface area contributed by atoms with Gasteiger partial charge in [-0.3, -0.25) is 19.2 Å². The van der Waals surface area contributed by atoms with Crippen LogP contribution in [0.25, 0.3) is 10.9 Å². The monoisotopic (exact) mass is 538 g/mol. The van der Waals surface area contributed by atoms with Gasteiger partial charge in [0.15, 0.2) is 0 Å². The number of carbonyl (C=O) groups excluding carboxylic acids is 3. The Hall–Kier alpha value is -4.19. The molecule has 3 aromatic rings. The second-order valence-electron chi connectivity index (χ2n) is 9.62. The normalized spacial score (nSPS) is 22.3. The molecule has 4 N–H and O–H groups in total. The van der Waals surface area contributed by atoms with Crippen molar-refractivity contribution in [2.45, 2.75) is 42.1 Å². The molecule has 5 rings (SSSR count). The van der Waals surface area contributed by atoms with E-state index in [2.05, 4.69) is 15.6 Å². The van der Waals surface area contributed by atoms with Crippen molar-refractivity contribution in [2.24, 2.45) is 0 Å². The predicted molar refractivity (Wildman–Crippen MR) is 137 cm³/mol. The summed E-state index contributed by atoms with van der Waals surface area (Å²) in [6.45, 7) is 3.45. The Morgan fingerprint density at radius 3 is 2.53 bits per heavy atom. The number of halogens is 1. The van der Waals surface area contributed by atoms with Crippen molar-refractivity contribution in [3.05, 3.63) is 81.9 Å². The minimum Gasteiger partial charge on any atom is -0.480 e. The topological polar surface area (TPSA) is 149 Å². The van der Waals surface area contributed by atoms with Gasteiger partial charge in [-0.2, -0.15) is 0 Å². The summed E-state index contributed by atoms with van der Waals surface area (Å²) in [7, 11) is 0. The summed E-state index contributed by atoms with van der Waals surface area (Å²) in [5.74, 6) is -3.87. The number of hydrogen-bond acceptors (Lipinski definition) is 6. The summed E-state index contributed by atoms with van der Waals surface area (Å²) in [4.78, 5) is 68.1. The number of fused-ring (bicyclic) bond motifs is 2. The van der Waals surface area contributed by atoms with E-state index in [1.165, 1.54) is 35.0 Å². The summed E-state index contributed by atoms with van der Waals surface area (Å²) in [5.41, 5.74) is -0.291. The zero-order valence-electron chi connectivity index (χ0n) is 20.2. The van der Waals surface area contributed by atoms with E-state index in [0.29, 0.717) is 11.1 Å². The Morgan fingerprint density at radius 2 is 1.84 bits per heavy atom. The zero-order valence-corrected chi connectivity index (χ0v) is 21.0. The highest BCUT2D eigenvalue weighted by Gasteiger charge is 2.64. The highest BCUT2D eigenvalue weighted by atomic mass is 32.2. The number of benzene rings is 2. The molecule has 10 nitrogen and oxygen atoms in total. The fraction of sp³-hybridized carbons (Fsp3) is 0.269. The molecule has 0 spiro atoms. The number of carboxylic acid groups (broad SMARTS) is 1. The molecule has 0 radical (unpaired) electrons. The summed E-state index contributed by atoms with van der Waals surface area (Å²) >= 11 is 1.28. The van der Waals surface area contributed by atoms with Crippen LogP contribution in [0.3, 0.4) is 0 Å². The van der Waals surface area contributed by atoms with Crippen LogP contribution in [0.1, 0.15) is 35.8 Å². The molecule has 3 heterocycles. The minimum atomic E-state index is -1.28. The van der Waals surface area contributed by atoms with E-state index < -0.39 is 63.2 Å². The van der Waals surface area contributed by atoms with Crippen molar-refractivity contribution in [2.75, 3.05) is 0 Å². The number of pyridine rings is 1. The number of H-pyrrole nitrogens is 1. The van der Waals surface area contributed by atoms with E-state index in [1.54, 1.807) is 44.2 Å². The first-order valence-corrected chi connectivity index (χ1v) is 12.6. The first kappa shape index (κ1) is 25.5. The maximum atomic E-state index is 13.7. The maximum absolute atomic E-state index is 13.7. The number of carboxylic acids is 1. The third-order valence-corrected chi connectivity index (χ3v) is 8.30. The van der Waals surface area contributed by atoms with Gasteiger partial charge in [0.05, 0.1) is 0 Å². The van der Waals surface area contributed by atoms with Crippen molar-refractivity contribution < 1.29 is 28.7 Å². The Morgan fingerprint density at radius 1 is 1.13 bits per heavy atom. The molecule has 4 atom stereocenters. The van der Waals surface area contributed by atoms with Crippen LogP contribution in [0.15, 0.2) is 59.5 Å². The Labute approximate surface area is 219 Å². The van der Waals surface area contributed by atoms with Crippen molar-refractivity contribution in [3.63, 3.8) is 0 Å². The zero-order chi connectivity index (χ0) is 27.4. The first-order valence-electron chi connectivity index (χ1n) is 11.7. The van der Waals surface area contributed by atoms with Crippen LogP contribution in [0.5, 0.6) is 0 Å². The molecule has 196 valence electrons. The van der Waals surface area contributed by atoms with Gasteiger partial charge in [-0.15, -0.1) is 11.8 Å². The van der Waals surface area contributed by atoms with Crippen LogP contribution in [0.4, 0.5) is 4.39 Å². The van der Waals surface area contributed by atoms with Crippen LogP contribution in [-0.4, -0.2) is 60.9 Å². The van der Waals surface area contributed by atoms with Gasteiger partial charge in [0.1, 0.15) is 34.9 Å². The van der Waals surface area contributed by atoms with Crippen molar-refractivity contribution >= 4 is 46.4 Å². The molecule has 2 aliphatic heterocycles. The average molecular weight is 539 g/mol. The van der Waals surface area contributed by atoms with Gasteiger partial charge in [0, 0.05) is 21.8 Å². The predicted octanol–water partition coefficient (Wildman–Crippen LogP) is 1.77. The molecular weight excluding hydrogens is 515 g/mol. The van der Waals surface area contributed by atoms with Crippen LogP contribution >= 0.6 is 11.8 Å². The SMILES string of the molecule is CC1(C)S[C@@H]2C(NC(=O)C(NC(=O)c3c[nH]c4ccc(F)cc4c3=O)c3ccccc3)C(=O)N2[C@H]1C(=O)O. The fourth-order valence-corrected chi connectivity index (χ4v) is 6.52. The number of carbonyl (C=O) groups is 4. The molecule has 2 fully saturated rings. The number of thioether (sulfide) groups is 1. The second-order valence-corrected chi connectivity index (χ2v) is 11.4. The number of rotatable bonds is 6. The Balaban J connectivity index is 1.40. The van der Waals surface area contributed by atoms with Gasteiger partial charge in [-0.25, -0.2) is 9.18 Å². The quantitative estimate of drug-likeness (QED) is 0.350. The molecule has 2 saturated heterocycles. The van der Waals surface area contributed by atoms with Crippen molar-refractivity contribution in [1.82, 2.24) is 20.5 Å². The molecule has 3 amide bonds. The molecule has 38 heavy (non-hydrogen) atoms. The summed E-state index contributed by atoms with van der Waals surface area (Å²) in [5, 5.41) is 14.2. The molecule has 0 saturated carbocycles. The number of nitrogens with one attached hydrogen (secondary N) is 3. The summed E-state index contributed by atoms with van der Waals surface area (Å²) in [6.07, 6.45) is 1.19. The van der Waals surface area contributed by atoms with Gasteiger partial charge in [-0.05, 0) is 37.6 Å². The van der Waals surface area contributed by atoms with Crippen LogP contribution < -0.4 is 16.1 Å². The number of amides is 3. The van der Waals surface area contributed by atoms with Gasteiger partial charge >= 0.3 is 5.97 Å². The fourth-order valence-electron chi connectivity index (χ4n) is 4.90. The number of aromatic amines is 1. The molecule has 0 aliphatic carbocycles. The Bertz CT molecular complexity index is 1540. The third kappa shape index (κ3) is 4.20. The van der Waals surface area contributed by atoms with E-state index in [-0.39, 0.29) is 10.9 Å². The third-order valence-electron chi connectivity index (χ3n) is 6.73. The Kier molecular flexibility index (Phi) is 6.22. The molecule has 2 unspecified atom stereocenters. The molecule has 12 heteroatoms. The van der Waals surface area contributed by atoms with Crippen LogP contribution in [0, 0.1) is 5.82 Å². The second kappa shape index (κ2) is 9.28. The minimum absolute atomic E-state index is 0.0209. The van der Waals surface area contributed by atoms with E-state index in [9.17, 15) is 33.5 Å². The van der Waals surface area contributed by atoms with Gasteiger partial charge < -0.3 is 25.6 Å². The van der Waals surface area contributed by atoms with Crippen LogP contribution in [-0.2, 0) is 14.4 Å². The molecular formula is C26H23FN4O6S. The lowest BCUT2D eigenvalue weighted by Gasteiger charge is -2.44. The maximum Gasteiger partial charge on any atom is 0.327 e. The number of β-lactam (4-membered cyclic amide) rings is 1. The summed E-state index contributed by atoms with van der Waals surface area (Å²) in [6, 6.07) is 8.54. The number of aliphatic carboxylic acids is 1. The molecule has 1 aromatic heterocycles. The van der Waals surface area contributed by atoms with Gasteiger partial charge in [-0.1, -0.05) is 30.3 Å². The first-order chi connectivity index (χ1) is 18.0.